The van der Waals surface area contributed by atoms with E-state index in [-0.39, 0.29) is 12.7 Å². The van der Waals surface area contributed by atoms with Crippen LogP contribution in [0.15, 0.2) is 72.8 Å². The van der Waals surface area contributed by atoms with Crippen LogP contribution in [0.2, 0.25) is 5.02 Å². The third-order valence-electron chi connectivity index (χ3n) is 7.01. The number of hydrogen-bond donors (Lipinski definition) is 2. The summed E-state index contributed by atoms with van der Waals surface area (Å²) in [6.45, 7) is 0.769. The van der Waals surface area contributed by atoms with Gasteiger partial charge in [0.1, 0.15) is 0 Å². The lowest BCUT2D eigenvalue weighted by Gasteiger charge is -2.38. The highest BCUT2D eigenvalue weighted by molar-refractivity contribution is 6.30. The minimum Gasteiger partial charge on any atom is -0.396 e. The third kappa shape index (κ3) is 4.62. The molecule has 0 saturated carbocycles. The fourth-order valence-electron chi connectivity index (χ4n) is 5.40. The van der Waals surface area contributed by atoms with Crippen LogP contribution < -0.4 is 5.32 Å². The molecule has 2 aliphatic rings. The van der Waals surface area contributed by atoms with Crippen LogP contribution in [-0.2, 0) is 17.8 Å². The normalized spacial score (nSPS) is 24.6. The van der Waals surface area contributed by atoms with Crippen molar-refractivity contribution in [2.45, 2.75) is 56.4 Å². The molecule has 0 spiro atoms. The summed E-state index contributed by atoms with van der Waals surface area (Å²) in [7, 11) is 0. The Morgan fingerprint density at radius 1 is 0.938 bits per heavy atom. The zero-order valence-electron chi connectivity index (χ0n) is 18.2. The lowest BCUT2D eigenvalue weighted by atomic mass is 9.83. The average Bonchev–Trinajstić information content (AvgIpc) is 3.22. The molecule has 4 atom stereocenters. The number of ether oxygens (including phenoxy) is 1. The van der Waals surface area contributed by atoms with Crippen molar-refractivity contribution in [2.75, 3.05) is 6.61 Å². The second kappa shape index (κ2) is 9.76. The SMILES string of the molecule is OCCc1ccccc1-c1ccc(COC2C3CCC(CC2c2ccc(Cl)cc2)N3)cc1. The molecule has 0 amide bonds. The molecule has 2 aliphatic heterocycles. The Balaban J connectivity index is 1.30. The van der Waals surface area contributed by atoms with Crippen LogP contribution in [0.25, 0.3) is 11.1 Å². The van der Waals surface area contributed by atoms with E-state index < -0.39 is 0 Å². The second-order valence-electron chi connectivity index (χ2n) is 9.04. The van der Waals surface area contributed by atoms with Gasteiger partial charge in [-0.15, -0.1) is 0 Å². The van der Waals surface area contributed by atoms with E-state index in [1.165, 1.54) is 40.7 Å². The van der Waals surface area contributed by atoms with Crippen LogP contribution in [0.5, 0.6) is 0 Å². The van der Waals surface area contributed by atoms with Crippen molar-refractivity contribution in [3.05, 3.63) is 94.5 Å². The maximum Gasteiger partial charge on any atom is 0.0801 e. The van der Waals surface area contributed by atoms with Gasteiger partial charge in [0.15, 0.2) is 0 Å². The predicted octanol–water partition coefficient (Wildman–Crippen LogP) is 5.74. The van der Waals surface area contributed by atoms with E-state index in [1.54, 1.807) is 0 Å². The fourth-order valence-corrected chi connectivity index (χ4v) is 5.52. The number of aliphatic hydroxyl groups is 1. The van der Waals surface area contributed by atoms with Crippen molar-refractivity contribution in [1.29, 1.82) is 0 Å². The van der Waals surface area contributed by atoms with Gasteiger partial charge in [-0.2, -0.15) is 0 Å². The summed E-state index contributed by atoms with van der Waals surface area (Å²) in [6, 6.07) is 26.3. The van der Waals surface area contributed by atoms with E-state index >= 15 is 0 Å². The molecular formula is C28H30ClNO2. The van der Waals surface area contributed by atoms with Crippen LogP contribution >= 0.6 is 11.6 Å². The van der Waals surface area contributed by atoms with Crippen molar-refractivity contribution >= 4 is 11.6 Å². The summed E-state index contributed by atoms with van der Waals surface area (Å²) in [4.78, 5) is 0. The van der Waals surface area contributed by atoms with E-state index in [9.17, 15) is 5.11 Å². The standard InChI is InChI=1S/C28H30ClNO2/c29-23-11-9-22(10-12-23)26-17-24-13-14-27(30-24)28(26)32-18-19-5-7-21(8-6-19)25-4-2-1-3-20(25)15-16-31/h1-12,24,26-28,30-31H,13-18H2. The minimum absolute atomic E-state index is 0.162. The average molecular weight is 448 g/mol. The van der Waals surface area contributed by atoms with Crippen LogP contribution in [0.3, 0.4) is 0 Å². The molecule has 32 heavy (non-hydrogen) atoms. The molecule has 3 aromatic carbocycles. The smallest absolute Gasteiger partial charge is 0.0801 e. The highest BCUT2D eigenvalue weighted by Crippen LogP contribution is 2.40. The maximum atomic E-state index is 9.36. The number of halogens is 1. The molecule has 3 nitrogen and oxygen atoms in total. The number of fused-ring (bicyclic) bond motifs is 2. The molecule has 2 N–H and O–H groups in total. The van der Waals surface area contributed by atoms with Crippen LogP contribution in [0.4, 0.5) is 0 Å². The van der Waals surface area contributed by atoms with Gasteiger partial charge in [0.05, 0.1) is 12.7 Å². The lowest BCUT2D eigenvalue weighted by Crippen LogP contribution is -2.49. The molecule has 5 rings (SSSR count). The zero-order chi connectivity index (χ0) is 21.9. The van der Waals surface area contributed by atoms with Crippen LogP contribution in [0, 0.1) is 0 Å². The molecule has 166 valence electrons. The Bertz CT molecular complexity index is 1030. The maximum absolute atomic E-state index is 9.36. The number of aliphatic hydroxyl groups excluding tert-OH is 1. The Morgan fingerprint density at radius 2 is 1.72 bits per heavy atom. The molecule has 2 saturated heterocycles. The third-order valence-corrected chi connectivity index (χ3v) is 7.26. The molecule has 2 bridgehead atoms. The van der Waals surface area contributed by atoms with Crippen LogP contribution in [-0.4, -0.2) is 29.9 Å². The molecule has 0 aliphatic carbocycles. The minimum atomic E-state index is 0.162. The van der Waals surface area contributed by atoms with Crippen molar-refractivity contribution in [2.24, 2.45) is 0 Å². The van der Waals surface area contributed by atoms with Crippen LogP contribution in [0.1, 0.15) is 41.9 Å². The van der Waals surface area contributed by atoms with Gasteiger partial charge in [-0.1, -0.05) is 72.3 Å². The Morgan fingerprint density at radius 3 is 2.50 bits per heavy atom. The van der Waals surface area contributed by atoms with E-state index in [1.807, 2.05) is 18.2 Å². The first kappa shape index (κ1) is 21.7. The van der Waals surface area contributed by atoms with E-state index in [0.29, 0.717) is 31.0 Å². The van der Waals surface area contributed by atoms with Gasteiger partial charge in [0.25, 0.3) is 0 Å². The second-order valence-corrected chi connectivity index (χ2v) is 9.48. The van der Waals surface area contributed by atoms with Gasteiger partial charge < -0.3 is 15.2 Å². The first-order valence-corrected chi connectivity index (χ1v) is 12.0. The van der Waals surface area contributed by atoms with Crippen molar-refractivity contribution in [1.82, 2.24) is 5.32 Å². The molecule has 4 unspecified atom stereocenters. The van der Waals surface area contributed by atoms with Gasteiger partial charge in [0.2, 0.25) is 0 Å². The highest BCUT2D eigenvalue weighted by atomic mass is 35.5. The lowest BCUT2D eigenvalue weighted by molar-refractivity contribution is -0.0133. The summed E-state index contributed by atoms with van der Waals surface area (Å²) in [5.41, 5.74) is 6.05. The van der Waals surface area contributed by atoms with E-state index in [4.69, 9.17) is 16.3 Å². The summed E-state index contributed by atoms with van der Waals surface area (Å²) in [5, 5.41) is 13.9. The fraction of sp³-hybridized carbons (Fsp3) is 0.357. The van der Waals surface area contributed by atoms with Gasteiger partial charge in [0, 0.05) is 29.6 Å². The number of benzene rings is 3. The summed E-state index contributed by atoms with van der Waals surface area (Å²) in [6.07, 6.45) is 4.37. The molecule has 4 heteroatoms. The first-order chi connectivity index (χ1) is 15.7. The van der Waals surface area contributed by atoms with Gasteiger partial charge in [-0.05, 0) is 65.6 Å². The summed E-state index contributed by atoms with van der Waals surface area (Å²) in [5.74, 6) is 0.399. The Labute approximate surface area is 195 Å². The molecule has 0 radical (unpaired) electrons. The van der Waals surface area contributed by atoms with E-state index in [0.717, 1.165) is 11.4 Å². The van der Waals surface area contributed by atoms with Gasteiger partial charge in [-0.25, -0.2) is 0 Å². The number of piperidine rings is 1. The monoisotopic (exact) mass is 447 g/mol. The molecule has 3 aromatic rings. The first-order valence-electron chi connectivity index (χ1n) is 11.6. The van der Waals surface area contributed by atoms with Crippen molar-refractivity contribution < 1.29 is 9.84 Å². The van der Waals surface area contributed by atoms with Gasteiger partial charge >= 0.3 is 0 Å². The quantitative estimate of drug-likeness (QED) is 0.485. The number of rotatable bonds is 7. The number of hydrogen-bond acceptors (Lipinski definition) is 3. The molecular weight excluding hydrogens is 418 g/mol. The molecule has 2 fully saturated rings. The Kier molecular flexibility index (Phi) is 6.61. The van der Waals surface area contributed by atoms with E-state index in [2.05, 4.69) is 59.9 Å². The van der Waals surface area contributed by atoms with Crippen molar-refractivity contribution in [3.8, 4) is 11.1 Å². The number of nitrogens with one attached hydrogen (secondary N) is 1. The molecule has 2 heterocycles. The largest absolute Gasteiger partial charge is 0.396 e. The predicted molar refractivity (Wildman–Crippen MR) is 130 cm³/mol. The Hall–Kier alpha value is -2.17. The molecule has 0 aromatic heterocycles. The van der Waals surface area contributed by atoms with Crippen molar-refractivity contribution in [3.63, 3.8) is 0 Å². The van der Waals surface area contributed by atoms with Gasteiger partial charge in [-0.3, -0.25) is 0 Å². The summed E-state index contributed by atoms with van der Waals surface area (Å²) >= 11 is 6.13. The zero-order valence-corrected chi connectivity index (χ0v) is 19.0. The highest BCUT2D eigenvalue weighted by Gasteiger charge is 2.42. The topological polar surface area (TPSA) is 41.5 Å². The summed E-state index contributed by atoms with van der Waals surface area (Å²) < 4.78 is 6.58.